The summed E-state index contributed by atoms with van der Waals surface area (Å²) in [6.07, 6.45) is 26.8. The van der Waals surface area contributed by atoms with E-state index in [2.05, 4.69) is 13.8 Å². The molecule has 0 bridgehead atoms. The van der Waals surface area contributed by atoms with Gasteiger partial charge in [-0.1, -0.05) is 116 Å². The first-order valence-electron chi connectivity index (χ1n) is 14.6. The summed E-state index contributed by atoms with van der Waals surface area (Å²) in [6, 6.07) is 0. The van der Waals surface area contributed by atoms with Crippen LogP contribution in [0.5, 0.6) is 0 Å². The summed E-state index contributed by atoms with van der Waals surface area (Å²) in [6.45, 7) is 6.23. The zero-order valence-electron chi connectivity index (χ0n) is 22.6. The highest BCUT2D eigenvalue weighted by Gasteiger charge is 2.46. The lowest BCUT2D eigenvalue weighted by atomic mass is 9.71. The number of carboxylic acid groups (broad SMARTS) is 1. The average molecular weight is 479 g/mol. The molecule has 4 nitrogen and oxygen atoms in total. The summed E-state index contributed by atoms with van der Waals surface area (Å²) in [5.41, 5.74) is -1.05. The molecule has 198 valence electrons. The van der Waals surface area contributed by atoms with E-state index >= 15 is 0 Å². The number of esters is 1. The first-order chi connectivity index (χ1) is 16.5. The molecular formula is C30H54O4. The Bertz CT molecular complexity index is 570. The second-order valence-corrected chi connectivity index (χ2v) is 10.7. The summed E-state index contributed by atoms with van der Waals surface area (Å²) >= 11 is 0. The van der Waals surface area contributed by atoms with Crippen LogP contribution in [-0.4, -0.2) is 23.1 Å². The first kappa shape index (κ1) is 30.7. The number of carbonyl (C=O) groups excluding carboxylic acids is 1. The third-order valence-electron chi connectivity index (χ3n) is 7.58. The Labute approximate surface area is 210 Å². The van der Waals surface area contributed by atoms with Gasteiger partial charge in [0, 0.05) is 0 Å². The number of carbonyl (C=O) groups is 2. The summed E-state index contributed by atoms with van der Waals surface area (Å²) in [5, 5.41) is 9.67. The number of unbranched alkanes of at least 4 members (excludes halogenated alkanes) is 14. The molecule has 0 aromatic carbocycles. The quantitative estimate of drug-likeness (QED) is 0.101. The van der Waals surface area contributed by atoms with Gasteiger partial charge >= 0.3 is 11.9 Å². The molecule has 1 rings (SSSR count). The van der Waals surface area contributed by atoms with Crippen LogP contribution in [0.2, 0.25) is 0 Å². The number of carboxylic acids is 1. The molecule has 4 heteroatoms. The van der Waals surface area contributed by atoms with Crippen molar-refractivity contribution in [2.75, 3.05) is 0 Å². The molecule has 3 atom stereocenters. The molecule has 1 N–H and O–H groups in total. The van der Waals surface area contributed by atoms with Crippen LogP contribution in [0.25, 0.3) is 0 Å². The highest BCUT2D eigenvalue weighted by atomic mass is 16.5. The summed E-state index contributed by atoms with van der Waals surface area (Å²) < 4.78 is 6.04. The summed E-state index contributed by atoms with van der Waals surface area (Å²) in [5.74, 6) is -1.94. The van der Waals surface area contributed by atoms with Gasteiger partial charge in [-0.15, -0.1) is 0 Å². The van der Waals surface area contributed by atoms with Gasteiger partial charge in [0.2, 0.25) is 0 Å². The maximum absolute atomic E-state index is 13.2. The minimum Gasteiger partial charge on any atom is -0.481 e. The Morgan fingerprint density at radius 3 is 1.71 bits per heavy atom. The maximum Gasteiger partial charge on any atom is 0.316 e. The molecule has 0 aliphatic heterocycles. The zero-order chi connectivity index (χ0) is 25.1. The molecule has 1 aliphatic carbocycles. The number of ether oxygens (including phenoxy) is 1. The highest BCUT2D eigenvalue weighted by Crippen LogP contribution is 2.38. The number of hydrogen-bond donors (Lipinski definition) is 1. The second kappa shape index (κ2) is 18.9. The van der Waals surface area contributed by atoms with E-state index in [-0.39, 0.29) is 12.1 Å². The van der Waals surface area contributed by atoms with Crippen LogP contribution in [-0.2, 0) is 14.3 Å². The smallest absolute Gasteiger partial charge is 0.316 e. The lowest BCUT2D eigenvalue weighted by molar-refractivity contribution is -0.168. The lowest BCUT2D eigenvalue weighted by Crippen LogP contribution is -2.42. The minimum absolute atomic E-state index is 0.0886. The van der Waals surface area contributed by atoms with Crippen molar-refractivity contribution in [1.82, 2.24) is 0 Å². The maximum atomic E-state index is 13.2. The predicted octanol–water partition coefficient (Wildman–Crippen LogP) is 9.02. The van der Waals surface area contributed by atoms with Gasteiger partial charge in [0.25, 0.3) is 0 Å². The average Bonchev–Trinajstić information content (AvgIpc) is 2.82. The highest BCUT2D eigenvalue weighted by molar-refractivity contribution is 5.86. The standard InChI is InChI=1S/C30H54O4/c1-4-6-8-10-12-13-15-17-19-23-26(22-18-16-14-11-9-7-5-2)34-29(33)30(3)25-21-20-24-27(30)28(31)32/h21,25-27H,4-20,22-24H2,1-3H3,(H,31,32). The molecule has 34 heavy (non-hydrogen) atoms. The molecule has 3 unspecified atom stereocenters. The van der Waals surface area contributed by atoms with Crippen LogP contribution < -0.4 is 0 Å². The van der Waals surface area contributed by atoms with Crippen LogP contribution >= 0.6 is 0 Å². The molecule has 0 spiro atoms. The molecule has 0 radical (unpaired) electrons. The van der Waals surface area contributed by atoms with Crippen LogP contribution in [0.1, 0.15) is 149 Å². The monoisotopic (exact) mass is 478 g/mol. The number of hydrogen-bond acceptors (Lipinski definition) is 3. The van der Waals surface area contributed by atoms with Crippen LogP contribution in [0, 0.1) is 11.3 Å². The van der Waals surface area contributed by atoms with E-state index in [4.69, 9.17) is 4.74 Å². The number of aliphatic carboxylic acids is 1. The molecule has 1 aliphatic rings. The molecule has 0 aromatic rings. The number of allylic oxidation sites excluding steroid dienone is 1. The summed E-state index contributed by atoms with van der Waals surface area (Å²) in [7, 11) is 0. The fraction of sp³-hybridized carbons (Fsp3) is 0.867. The van der Waals surface area contributed by atoms with Gasteiger partial charge in [0.05, 0.1) is 11.3 Å². The van der Waals surface area contributed by atoms with E-state index in [1.807, 2.05) is 6.08 Å². The van der Waals surface area contributed by atoms with Crippen LogP contribution in [0.3, 0.4) is 0 Å². The van der Waals surface area contributed by atoms with Gasteiger partial charge in [-0.3, -0.25) is 9.59 Å². The van der Waals surface area contributed by atoms with Gasteiger partial charge < -0.3 is 9.84 Å². The van der Waals surface area contributed by atoms with E-state index in [9.17, 15) is 14.7 Å². The van der Waals surface area contributed by atoms with Crippen molar-refractivity contribution < 1.29 is 19.4 Å². The Morgan fingerprint density at radius 2 is 1.26 bits per heavy atom. The molecule has 0 heterocycles. The first-order valence-corrected chi connectivity index (χ1v) is 14.6. The van der Waals surface area contributed by atoms with Gasteiger partial charge in [-0.2, -0.15) is 0 Å². The molecule has 0 fully saturated rings. The topological polar surface area (TPSA) is 63.6 Å². The van der Waals surface area contributed by atoms with E-state index in [1.165, 1.54) is 89.9 Å². The largest absolute Gasteiger partial charge is 0.481 e. The van der Waals surface area contributed by atoms with Gasteiger partial charge in [-0.25, -0.2) is 0 Å². The van der Waals surface area contributed by atoms with Crippen molar-refractivity contribution in [3.05, 3.63) is 12.2 Å². The molecular weight excluding hydrogens is 424 g/mol. The Kier molecular flexibility index (Phi) is 17.1. The Hall–Kier alpha value is -1.32. The van der Waals surface area contributed by atoms with Gasteiger partial charge in [0.1, 0.15) is 6.10 Å². The molecule has 0 saturated heterocycles. The fourth-order valence-corrected chi connectivity index (χ4v) is 5.15. The van der Waals surface area contributed by atoms with Gasteiger partial charge in [-0.05, 0) is 45.4 Å². The van der Waals surface area contributed by atoms with Crippen LogP contribution in [0.4, 0.5) is 0 Å². The third-order valence-corrected chi connectivity index (χ3v) is 7.58. The summed E-state index contributed by atoms with van der Waals surface area (Å²) in [4.78, 5) is 25.0. The van der Waals surface area contributed by atoms with E-state index in [0.29, 0.717) is 12.8 Å². The van der Waals surface area contributed by atoms with E-state index < -0.39 is 17.3 Å². The van der Waals surface area contributed by atoms with Crippen molar-refractivity contribution in [2.24, 2.45) is 11.3 Å². The number of rotatable bonds is 21. The van der Waals surface area contributed by atoms with Crippen molar-refractivity contribution in [2.45, 2.75) is 155 Å². The fourth-order valence-electron chi connectivity index (χ4n) is 5.15. The van der Waals surface area contributed by atoms with Gasteiger partial charge in [0.15, 0.2) is 0 Å². The van der Waals surface area contributed by atoms with E-state index in [0.717, 1.165) is 25.7 Å². The van der Waals surface area contributed by atoms with Crippen molar-refractivity contribution >= 4 is 11.9 Å². The Balaban J connectivity index is 2.50. The lowest BCUT2D eigenvalue weighted by Gasteiger charge is -2.34. The van der Waals surface area contributed by atoms with E-state index in [1.54, 1.807) is 13.0 Å². The molecule has 0 saturated carbocycles. The van der Waals surface area contributed by atoms with Crippen molar-refractivity contribution in [3.8, 4) is 0 Å². The van der Waals surface area contributed by atoms with Crippen molar-refractivity contribution in [1.29, 1.82) is 0 Å². The van der Waals surface area contributed by atoms with Crippen LogP contribution in [0.15, 0.2) is 12.2 Å². The Morgan fingerprint density at radius 1 is 0.824 bits per heavy atom. The second-order valence-electron chi connectivity index (χ2n) is 10.7. The normalized spacial score (nSPS) is 20.9. The molecule has 0 aromatic heterocycles. The van der Waals surface area contributed by atoms with Crippen molar-refractivity contribution in [3.63, 3.8) is 0 Å². The SMILES string of the molecule is CCCCCCCCCCCC(CCCCCCCCC)OC(=O)C1(C)C=CCCC1C(=O)O. The molecule has 0 amide bonds. The predicted molar refractivity (Wildman–Crippen MR) is 142 cm³/mol. The zero-order valence-corrected chi connectivity index (χ0v) is 22.6. The third kappa shape index (κ3) is 12.4. The minimum atomic E-state index is -1.05.